The maximum Gasteiger partial charge on any atom is 0.242 e. The average molecular weight is 391 g/mol. The highest BCUT2D eigenvalue weighted by Crippen LogP contribution is 2.25. The summed E-state index contributed by atoms with van der Waals surface area (Å²) >= 11 is 0. The first-order valence-electron chi connectivity index (χ1n) is 9.24. The minimum atomic E-state index is -3.40. The maximum absolute atomic E-state index is 12.7. The molecule has 0 spiro atoms. The summed E-state index contributed by atoms with van der Waals surface area (Å²) in [4.78, 5) is 16.7. The maximum atomic E-state index is 12.7. The highest BCUT2D eigenvalue weighted by molar-refractivity contribution is 7.89. The number of benzene rings is 1. The Morgan fingerprint density at radius 1 is 1.33 bits per heavy atom. The summed E-state index contributed by atoms with van der Waals surface area (Å²) in [5.41, 5.74) is 1.48. The number of nitrogens with one attached hydrogen (secondary N) is 1. The van der Waals surface area contributed by atoms with E-state index in [9.17, 15) is 13.2 Å². The highest BCUT2D eigenvalue weighted by atomic mass is 32.2. The Bertz CT molecular complexity index is 890. The molecule has 2 heterocycles. The van der Waals surface area contributed by atoms with E-state index in [1.165, 1.54) is 4.31 Å². The van der Waals surface area contributed by atoms with Gasteiger partial charge in [-0.3, -0.25) is 4.79 Å². The molecule has 27 heavy (non-hydrogen) atoms. The number of carbonyl (C=O) groups excluding carboxylic acids is 1. The summed E-state index contributed by atoms with van der Waals surface area (Å²) in [5, 5.41) is 2.83. The van der Waals surface area contributed by atoms with Crippen LogP contribution < -0.4 is 5.32 Å². The Morgan fingerprint density at radius 2 is 2.07 bits per heavy atom. The number of rotatable bonds is 7. The zero-order chi connectivity index (χ0) is 19.4. The van der Waals surface area contributed by atoms with Crippen LogP contribution in [0.4, 0.5) is 5.69 Å². The SMILES string of the molecule is CCCCS(=O)(=O)N1CCCC1C(=O)Nc1ccc(-c2cnc(C)o2)cc1. The van der Waals surface area contributed by atoms with Gasteiger partial charge in [-0.25, -0.2) is 13.4 Å². The van der Waals surface area contributed by atoms with Crippen LogP contribution in [0.25, 0.3) is 11.3 Å². The van der Waals surface area contributed by atoms with Crippen molar-refractivity contribution in [3.05, 3.63) is 36.4 Å². The van der Waals surface area contributed by atoms with Crippen LogP contribution in [0.3, 0.4) is 0 Å². The molecule has 7 nitrogen and oxygen atoms in total. The molecule has 1 aromatic carbocycles. The molecule has 3 rings (SSSR count). The molecule has 1 amide bonds. The summed E-state index contributed by atoms with van der Waals surface area (Å²) in [7, 11) is -3.40. The number of aryl methyl sites for hydroxylation is 1. The molecule has 2 aromatic rings. The number of amides is 1. The Hall–Kier alpha value is -2.19. The van der Waals surface area contributed by atoms with Gasteiger partial charge in [0.15, 0.2) is 11.7 Å². The van der Waals surface area contributed by atoms with E-state index in [0.29, 0.717) is 43.1 Å². The summed E-state index contributed by atoms with van der Waals surface area (Å²) in [6.07, 6.45) is 4.32. The van der Waals surface area contributed by atoms with Crippen LogP contribution in [-0.2, 0) is 14.8 Å². The Balaban J connectivity index is 1.67. The highest BCUT2D eigenvalue weighted by Gasteiger charge is 2.38. The van der Waals surface area contributed by atoms with E-state index in [-0.39, 0.29) is 11.7 Å². The van der Waals surface area contributed by atoms with E-state index in [1.807, 2.05) is 19.1 Å². The quantitative estimate of drug-likeness (QED) is 0.782. The van der Waals surface area contributed by atoms with Crippen LogP contribution in [0.2, 0.25) is 0 Å². The van der Waals surface area contributed by atoms with Crippen LogP contribution >= 0.6 is 0 Å². The van der Waals surface area contributed by atoms with Crippen LogP contribution in [0.5, 0.6) is 0 Å². The topological polar surface area (TPSA) is 92.5 Å². The third-order valence-electron chi connectivity index (χ3n) is 4.68. The second-order valence-corrected chi connectivity index (χ2v) is 8.79. The molecule has 146 valence electrons. The smallest absolute Gasteiger partial charge is 0.242 e. The van der Waals surface area contributed by atoms with Crippen molar-refractivity contribution < 1.29 is 17.6 Å². The van der Waals surface area contributed by atoms with Crippen molar-refractivity contribution >= 4 is 21.6 Å². The molecule has 1 atom stereocenters. The molecule has 0 radical (unpaired) electrons. The molecule has 0 saturated carbocycles. The van der Waals surface area contributed by atoms with Gasteiger partial charge in [-0.05, 0) is 43.5 Å². The predicted octanol–water partition coefficient (Wildman–Crippen LogP) is 3.18. The van der Waals surface area contributed by atoms with E-state index in [0.717, 1.165) is 12.0 Å². The van der Waals surface area contributed by atoms with E-state index in [4.69, 9.17) is 4.42 Å². The second-order valence-electron chi connectivity index (χ2n) is 6.75. The molecular formula is C19H25N3O4S. The van der Waals surface area contributed by atoms with Gasteiger partial charge >= 0.3 is 0 Å². The minimum absolute atomic E-state index is 0.0958. The number of anilines is 1. The first kappa shape index (κ1) is 19.6. The van der Waals surface area contributed by atoms with Crippen molar-refractivity contribution in [1.29, 1.82) is 0 Å². The Kier molecular flexibility index (Phi) is 5.96. The van der Waals surface area contributed by atoms with E-state index < -0.39 is 16.1 Å². The van der Waals surface area contributed by atoms with Crippen LogP contribution in [0.1, 0.15) is 38.5 Å². The normalized spacial score (nSPS) is 17.9. The zero-order valence-electron chi connectivity index (χ0n) is 15.6. The fraction of sp³-hybridized carbons (Fsp3) is 0.474. The van der Waals surface area contributed by atoms with Gasteiger partial charge in [0.05, 0.1) is 11.9 Å². The van der Waals surface area contributed by atoms with Gasteiger partial charge in [-0.1, -0.05) is 13.3 Å². The molecule has 1 aliphatic heterocycles. The van der Waals surface area contributed by atoms with Crippen molar-refractivity contribution in [2.45, 2.75) is 45.6 Å². The second kappa shape index (κ2) is 8.22. The number of hydrogen-bond acceptors (Lipinski definition) is 5. The van der Waals surface area contributed by atoms with Crippen LogP contribution in [0.15, 0.2) is 34.9 Å². The van der Waals surface area contributed by atoms with E-state index >= 15 is 0 Å². The molecule has 1 aromatic heterocycles. The number of sulfonamides is 1. The third-order valence-corrected chi connectivity index (χ3v) is 6.63. The lowest BCUT2D eigenvalue weighted by Gasteiger charge is -2.23. The largest absolute Gasteiger partial charge is 0.441 e. The molecule has 1 unspecified atom stereocenters. The molecule has 1 aliphatic rings. The summed E-state index contributed by atoms with van der Waals surface area (Å²) < 4.78 is 31.8. The van der Waals surface area contributed by atoms with Gasteiger partial charge in [0.1, 0.15) is 6.04 Å². The van der Waals surface area contributed by atoms with Gasteiger partial charge in [0.25, 0.3) is 0 Å². The average Bonchev–Trinajstić information content (AvgIpc) is 3.30. The standard InChI is InChI=1S/C19H25N3O4S/c1-3-4-12-27(24,25)22-11-5-6-17(22)19(23)21-16-9-7-15(8-10-16)18-13-20-14(2)26-18/h7-10,13,17H,3-6,11-12H2,1-2H3,(H,21,23). The van der Waals surface area contributed by atoms with Gasteiger partial charge in [-0.15, -0.1) is 0 Å². The van der Waals surface area contributed by atoms with Gasteiger partial charge in [-0.2, -0.15) is 4.31 Å². The molecule has 8 heteroatoms. The van der Waals surface area contributed by atoms with Crippen molar-refractivity contribution in [2.24, 2.45) is 0 Å². The first-order chi connectivity index (χ1) is 12.9. The fourth-order valence-corrected chi connectivity index (χ4v) is 5.10. The lowest BCUT2D eigenvalue weighted by atomic mass is 10.1. The molecule has 0 bridgehead atoms. The van der Waals surface area contributed by atoms with Gasteiger partial charge in [0.2, 0.25) is 15.9 Å². The molecule has 1 saturated heterocycles. The number of oxazole rings is 1. The lowest BCUT2D eigenvalue weighted by Crippen LogP contribution is -2.44. The lowest BCUT2D eigenvalue weighted by molar-refractivity contribution is -0.119. The van der Waals surface area contributed by atoms with Crippen LogP contribution in [-0.4, -0.2) is 42.0 Å². The number of carbonyl (C=O) groups is 1. The predicted molar refractivity (Wildman–Crippen MR) is 104 cm³/mol. The molecule has 0 aliphatic carbocycles. The molecule has 1 N–H and O–H groups in total. The summed E-state index contributed by atoms with van der Waals surface area (Å²) in [5.74, 6) is 1.07. The van der Waals surface area contributed by atoms with Crippen molar-refractivity contribution in [3.8, 4) is 11.3 Å². The monoisotopic (exact) mass is 391 g/mol. The number of nitrogens with zero attached hydrogens (tertiary/aromatic N) is 2. The van der Waals surface area contributed by atoms with Crippen molar-refractivity contribution in [1.82, 2.24) is 9.29 Å². The Morgan fingerprint density at radius 3 is 2.70 bits per heavy atom. The van der Waals surface area contributed by atoms with Gasteiger partial charge < -0.3 is 9.73 Å². The van der Waals surface area contributed by atoms with Crippen molar-refractivity contribution in [3.63, 3.8) is 0 Å². The Labute approximate surface area is 159 Å². The first-order valence-corrected chi connectivity index (χ1v) is 10.8. The number of hydrogen-bond donors (Lipinski definition) is 1. The third kappa shape index (κ3) is 4.56. The number of aromatic nitrogens is 1. The fourth-order valence-electron chi connectivity index (χ4n) is 3.22. The van der Waals surface area contributed by atoms with E-state index in [2.05, 4.69) is 10.3 Å². The molecule has 1 fully saturated rings. The molecular weight excluding hydrogens is 366 g/mol. The van der Waals surface area contributed by atoms with E-state index in [1.54, 1.807) is 25.3 Å². The van der Waals surface area contributed by atoms with Gasteiger partial charge in [0, 0.05) is 24.7 Å². The van der Waals surface area contributed by atoms with Crippen molar-refractivity contribution in [2.75, 3.05) is 17.6 Å². The summed E-state index contributed by atoms with van der Waals surface area (Å²) in [6, 6.07) is 6.58. The zero-order valence-corrected chi connectivity index (χ0v) is 16.5. The number of unbranched alkanes of at least 4 members (excludes halogenated alkanes) is 1. The van der Waals surface area contributed by atoms with Crippen LogP contribution in [0, 0.1) is 6.92 Å². The minimum Gasteiger partial charge on any atom is -0.441 e. The summed E-state index contributed by atoms with van der Waals surface area (Å²) in [6.45, 7) is 4.14.